The van der Waals surface area contributed by atoms with Crippen molar-refractivity contribution in [1.82, 2.24) is 0 Å². The van der Waals surface area contributed by atoms with E-state index in [0.29, 0.717) is 6.54 Å². The summed E-state index contributed by atoms with van der Waals surface area (Å²) >= 11 is 0. The van der Waals surface area contributed by atoms with Crippen LogP contribution in [0.4, 0.5) is 0 Å². The van der Waals surface area contributed by atoms with Crippen LogP contribution >= 0.6 is 0 Å². The smallest absolute Gasteiger partial charge is 0.193 e. The van der Waals surface area contributed by atoms with Gasteiger partial charge < -0.3 is 0 Å². The van der Waals surface area contributed by atoms with Crippen LogP contribution in [-0.4, -0.2) is 19.1 Å². The molecule has 1 rings (SSSR count). The Morgan fingerprint density at radius 3 is 2.86 bits per heavy atom. The Morgan fingerprint density at radius 1 is 1.71 bits per heavy atom. The predicted molar refractivity (Wildman–Crippen MR) is 28.9 cm³/mol. The van der Waals surface area contributed by atoms with E-state index in [9.17, 15) is 0 Å². The molecule has 34 valence electrons. The van der Waals surface area contributed by atoms with Gasteiger partial charge in [0.1, 0.15) is 0 Å². The van der Waals surface area contributed by atoms with Gasteiger partial charge in [-0.05, 0) is 5.57 Å². The summed E-state index contributed by atoms with van der Waals surface area (Å²) in [7, 11) is 0. The van der Waals surface area contributed by atoms with Gasteiger partial charge in [-0.25, -0.2) is 4.99 Å². The molecule has 0 aliphatic carbocycles. The fraction of sp³-hybridized carbons (Fsp3) is 0.200. The van der Waals surface area contributed by atoms with Crippen molar-refractivity contribution in [2.75, 3.05) is 6.54 Å². The molecule has 0 bridgehead atoms. The van der Waals surface area contributed by atoms with E-state index in [1.807, 2.05) is 0 Å². The van der Waals surface area contributed by atoms with Crippen molar-refractivity contribution in [3.05, 3.63) is 12.2 Å². The summed E-state index contributed by atoms with van der Waals surface area (Å²) in [6.07, 6.45) is 5.00. The van der Waals surface area contributed by atoms with Crippen molar-refractivity contribution in [3.8, 4) is 0 Å². The molecule has 0 aromatic carbocycles. The number of aliphatic imine (C=N–C) groups is 2. The average Bonchev–Trinajstić information content (AvgIpc) is 1.69. The summed E-state index contributed by atoms with van der Waals surface area (Å²) in [5.41, 5.74) is 0.818. The first-order valence-electron chi connectivity index (χ1n) is 1.94. The molecule has 7 heavy (non-hydrogen) atoms. The monoisotopic (exact) mass is 92.0 g/mol. The minimum atomic E-state index is 0.601. The molecule has 2 radical (unpaired) electrons. The molecule has 0 atom stereocenters. The van der Waals surface area contributed by atoms with E-state index in [1.54, 1.807) is 0 Å². The first-order valence-corrected chi connectivity index (χ1v) is 1.94. The van der Waals surface area contributed by atoms with E-state index in [0.717, 1.165) is 5.57 Å². The summed E-state index contributed by atoms with van der Waals surface area (Å²) in [4.78, 5) is 7.17. The second-order valence-electron chi connectivity index (χ2n) is 1.24. The van der Waals surface area contributed by atoms with Crippen LogP contribution in [0.1, 0.15) is 0 Å². The summed E-state index contributed by atoms with van der Waals surface area (Å²) in [6, 6.07) is 0. The maximum Gasteiger partial charge on any atom is 0.193 e. The van der Waals surface area contributed by atoms with Gasteiger partial charge in [0.2, 0.25) is 0 Å². The molecule has 0 unspecified atom stereocenters. The number of nitrogens with zero attached hydrogens (tertiary/aromatic N) is 2. The summed E-state index contributed by atoms with van der Waals surface area (Å²) in [5, 5.41) is 0. The van der Waals surface area contributed by atoms with Crippen molar-refractivity contribution >= 4 is 12.6 Å². The SMILES string of the molecule is C=C1[C]=N[C]=NC1. The third-order valence-electron chi connectivity index (χ3n) is 0.605. The van der Waals surface area contributed by atoms with Crippen molar-refractivity contribution in [2.24, 2.45) is 9.98 Å². The van der Waals surface area contributed by atoms with Crippen LogP contribution in [0.15, 0.2) is 22.1 Å². The quantitative estimate of drug-likeness (QED) is 0.413. The molecule has 0 amide bonds. The second kappa shape index (κ2) is 1.69. The van der Waals surface area contributed by atoms with E-state index >= 15 is 0 Å². The van der Waals surface area contributed by atoms with Gasteiger partial charge in [-0.2, -0.15) is 0 Å². The molecule has 1 aliphatic heterocycles. The van der Waals surface area contributed by atoms with Gasteiger partial charge in [-0.3, -0.25) is 4.99 Å². The zero-order valence-electron chi connectivity index (χ0n) is 3.81. The lowest BCUT2D eigenvalue weighted by molar-refractivity contribution is 1.20. The van der Waals surface area contributed by atoms with Gasteiger partial charge in [0.05, 0.1) is 12.8 Å². The summed E-state index contributed by atoms with van der Waals surface area (Å²) in [5.74, 6) is 0. The average molecular weight is 92.1 g/mol. The molecule has 2 nitrogen and oxygen atoms in total. The van der Waals surface area contributed by atoms with Crippen LogP contribution in [0.5, 0.6) is 0 Å². The molecular weight excluding hydrogens is 88.1 g/mol. The summed E-state index contributed by atoms with van der Waals surface area (Å²) in [6.45, 7) is 4.18. The number of rotatable bonds is 0. The Hall–Kier alpha value is -0.920. The fourth-order valence-electron chi connectivity index (χ4n) is 0.306. The Kier molecular flexibility index (Phi) is 1.02. The van der Waals surface area contributed by atoms with Gasteiger partial charge in [-0.15, -0.1) is 0 Å². The first kappa shape index (κ1) is 4.24. The van der Waals surface area contributed by atoms with Gasteiger partial charge >= 0.3 is 0 Å². The highest BCUT2D eigenvalue weighted by Gasteiger charge is 1.89. The normalized spacial score (nSPS) is 18.0. The molecule has 0 saturated carbocycles. The van der Waals surface area contributed by atoms with Crippen molar-refractivity contribution in [3.63, 3.8) is 0 Å². The maximum atomic E-state index is 3.68. The third kappa shape index (κ3) is 0.961. The Morgan fingerprint density at radius 2 is 2.57 bits per heavy atom. The standard InChI is InChI=1S/C5H4N2/c1-5-2-6-4-7-3-5/h1-2H2. The molecule has 0 spiro atoms. The molecule has 0 aromatic rings. The zero-order valence-corrected chi connectivity index (χ0v) is 3.81. The minimum Gasteiger partial charge on any atom is -0.259 e. The molecule has 0 aromatic heterocycles. The number of hydrogen-bond donors (Lipinski definition) is 0. The Balaban J connectivity index is 2.66. The van der Waals surface area contributed by atoms with Crippen molar-refractivity contribution < 1.29 is 0 Å². The lowest BCUT2D eigenvalue weighted by Gasteiger charge is -1.91. The lowest BCUT2D eigenvalue weighted by atomic mass is 10.3. The van der Waals surface area contributed by atoms with Crippen molar-refractivity contribution in [1.29, 1.82) is 0 Å². The van der Waals surface area contributed by atoms with Gasteiger partial charge in [-0.1, -0.05) is 6.58 Å². The lowest BCUT2D eigenvalue weighted by Crippen LogP contribution is -1.93. The Bertz CT molecular complexity index is 133. The molecule has 0 fully saturated rings. The van der Waals surface area contributed by atoms with E-state index in [1.165, 1.54) is 0 Å². The molecule has 1 aliphatic rings. The van der Waals surface area contributed by atoms with Crippen molar-refractivity contribution in [2.45, 2.75) is 0 Å². The molecular formula is C5H4N2. The van der Waals surface area contributed by atoms with Gasteiger partial charge in [0, 0.05) is 0 Å². The second-order valence-corrected chi connectivity index (χ2v) is 1.24. The first-order chi connectivity index (χ1) is 3.39. The van der Waals surface area contributed by atoms with Gasteiger partial charge in [0.15, 0.2) is 6.34 Å². The van der Waals surface area contributed by atoms with E-state index in [-0.39, 0.29) is 0 Å². The topological polar surface area (TPSA) is 24.7 Å². The van der Waals surface area contributed by atoms with Crippen LogP contribution in [0.25, 0.3) is 0 Å². The number of hydrogen-bond acceptors (Lipinski definition) is 2. The minimum absolute atomic E-state index is 0.601. The highest BCUT2D eigenvalue weighted by atomic mass is 14.9. The van der Waals surface area contributed by atoms with E-state index < -0.39 is 0 Å². The van der Waals surface area contributed by atoms with E-state index in [2.05, 4.69) is 29.1 Å². The van der Waals surface area contributed by atoms with Crippen LogP contribution in [0, 0.1) is 0 Å². The van der Waals surface area contributed by atoms with E-state index in [4.69, 9.17) is 0 Å². The third-order valence-corrected chi connectivity index (χ3v) is 0.605. The zero-order chi connectivity index (χ0) is 5.11. The highest BCUT2D eigenvalue weighted by molar-refractivity contribution is 5.87. The molecule has 2 heteroatoms. The predicted octanol–water partition coefficient (Wildman–Crippen LogP) is 0.409. The molecule has 0 N–H and O–H groups in total. The van der Waals surface area contributed by atoms with Crippen LogP contribution in [0.3, 0.4) is 0 Å². The summed E-state index contributed by atoms with van der Waals surface area (Å²) < 4.78 is 0. The highest BCUT2D eigenvalue weighted by Crippen LogP contribution is 1.89. The fourth-order valence-corrected chi connectivity index (χ4v) is 0.306. The van der Waals surface area contributed by atoms with Crippen LogP contribution < -0.4 is 0 Å². The van der Waals surface area contributed by atoms with Crippen LogP contribution in [0.2, 0.25) is 0 Å². The largest absolute Gasteiger partial charge is 0.259 e. The Labute approximate surface area is 42.3 Å². The maximum absolute atomic E-state index is 3.68. The molecule has 1 heterocycles. The van der Waals surface area contributed by atoms with Crippen LogP contribution in [-0.2, 0) is 0 Å². The molecule has 0 saturated heterocycles. The van der Waals surface area contributed by atoms with Gasteiger partial charge in [0.25, 0.3) is 0 Å².